The van der Waals surface area contributed by atoms with Crippen molar-refractivity contribution in [2.75, 3.05) is 20.3 Å². The molecule has 0 aromatic heterocycles. The number of hydrogen-bond donors (Lipinski definition) is 1. The number of para-hydroxylation sites is 1. The number of carbonyl (C=O) groups excluding carboxylic acids is 2. The summed E-state index contributed by atoms with van der Waals surface area (Å²) in [5.74, 6) is 0.799. The van der Waals surface area contributed by atoms with Gasteiger partial charge in [0, 0.05) is 13.0 Å². The summed E-state index contributed by atoms with van der Waals surface area (Å²) in [4.78, 5) is 23.8. The Morgan fingerprint density at radius 3 is 2.67 bits per heavy atom. The van der Waals surface area contributed by atoms with Crippen LogP contribution in [0.4, 0.5) is 0 Å². The number of rotatable bonds is 8. The van der Waals surface area contributed by atoms with Crippen LogP contribution in [0.25, 0.3) is 0 Å². The molecule has 0 radical (unpaired) electrons. The number of carbonyl (C=O) groups is 2. The Hall–Kier alpha value is -2.04. The molecule has 1 aliphatic rings. The van der Waals surface area contributed by atoms with Gasteiger partial charge in [-0.25, -0.2) is 0 Å². The van der Waals surface area contributed by atoms with Crippen molar-refractivity contribution in [3.8, 4) is 5.75 Å². The van der Waals surface area contributed by atoms with E-state index in [9.17, 15) is 9.59 Å². The fourth-order valence-corrected chi connectivity index (χ4v) is 3.19. The van der Waals surface area contributed by atoms with Crippen molar-refractivity contribution in [2.45, 2.75) is 38.5 Å². The minimum absolute atomic E-state index is 0.0147. The molecule has 1 aromatic carbocycles. The molecule has 1 aliphatic carbocycles. The highest BCUT2D eigenvalue weighted by Crippen LogP contribution is 2.30. The molecule has 1 saturated carbocycles. The van der Waals surface area contributed by atoms with Crippen LogP contribution in [0, 0.1) is 11.8 Å². The van der Waals surface area contributed by atoms with E-state index in [0.29, 0.717) is 26.0 Å². The first-order chi connectivity index (χ1) is 11.7. The van der Waals surface area contributed by atoms with Crippen LogP contribution in [0.3, 0.4) is 0 Å². The third-order valence-electron chi connectivity index (χ3n) is 4.53. The molecule has 5 heteroatoms. The van der Waals surface area contributed by atoms with Gasteiger partial charge < -0.3 is 14.8 Å². The zero-order valence-corrected chi connectivity index (χ0v) is 14.3. The minimum atomic E-state index is -0.148. The summed E-state index contributed by atoms with van der Waals surface area (Å²) >= 11 is 0. The van der Waals surface area contributed by atoms with Gasteiger partial charge in [0.15, 0.2) is 0 Å². The molecule has 0 aliphatic heterocycles. The Labute approximate surface area is 143 Å². The molecule has 132 valence electrons. The van der Waals surface area contributed by atoms with Crippen LogP contribution in [0.5, 0.6) is 5.75 Å². The second kappa shape index (κ2) is 9.96. The minimum Gasteiger partial charge on any atom is -0.494 e. The molecular formula is C19H27NO4. The SMILES string of the molecule is COC(=O)C1CCCCC1CNC(=O)CCCOc1ccccc1. The van der Waals surface area contributed by atoms with Gasteiger partial charge in [0.05, 0.1) is 19.6 Å². The molecule has 2 atom stereocenters. The summed E-state index contributed by atoms with van der Waals surface area (Å²) in [6, 6.07) is 9.58. The summed E-state index contributed by atoms with van der Waals surface area (Å²) < 4.78 is 10.5. The van der Waals surface area contributed by atoms with Crippen LogP contribution in [-0.2, 0) is 14.3 Å². The standard InChI is InChI=1S/C19H27NO4/c1-23-19(22)17-11-6-5-8-15(17)14-20-18(21)12-7-13-24-16-9-3-2-4-10-16/h2-4,9-10,15,17H,5-8,11-14H2,1H3,(H,20,21). The van der Waals surface area contributed by atoms with Crippen LogP contribution in [0.15, 0.2) is 30.3 Å². The second-order valence-corrected chi connectivity index (χ2v) is 6.24. The van der Waals surface area contributed by atoms with Crippen molar-refractivity contribution in [3.05, 3.63) is 30.3 Å². The van der Waals surface area contributed by atoms with Crippen molar-refractivity contribution >= 4 is 11.9 Å². The molecule has 0 bridgehead atoms. The lowest BCUT2D eigenvalue weighted by molar-refractivity contribution is -0.148. The Kier molecular flexibility index (Phi) is 7.59. The van der Waals surface area contributed by atoms with Gasteiger partial charge in [-0.15, -0.1) is 0 Å². The molecule has 0 spiro atoms. The Balaban J connectivity index is 1.64. The van der Waals surface area contributed by atoms with E-state index in [1.807, 2.05) is 30.3 Å². The summed E-state index contributed by atoms with van der Waals surface area (Å²) in [5.41, 5.74) is 0. The van der Waals surface area contributed by atoms with Gasteiger partial charge in [0.2, 0.25) is 5.91 Å². The van der Waals surface area contributed by atoms with E-state index in [-0.39, 0.29) is 23.7 Å². The molecule has 0 heterocycles. The fraction of sp³-hybridized carbons (Fsp3) is 0.579. The maximum Gasteiger partial charge on any atom is 0.309 e. The van der Waals surface area contributed by atoms with Gasteiger partial charge in [-0.3, -0.25) is 9.59 Å². The van der Waals surface area contributed by atoms with E-state index in [1.54, 1.807) is 0 Å². The van der Waals surface area contributed by atoms with Gasteiger partial charge in [0.25, 0.3) is 0 Å². The highest BCUT2D eigenvalue weighted by Gasteiger charge is 2.31. The normalized spacial score (nSPS) is 20.2. The van der Waals surface area contributed by atoms with Crippen molar-refractivity contribution < 1.29 is 19.1 Å². The van der Waals surface area contributed by atoms with Crippen LogP contribution in [-0.4, -0.2) is 32.1 Å². The van der Waals surface area contributed by atoms with Gasteiger partial charge in [-0.1, -0.05) is 31.0 Å². The van der Waals surface area contributed by atoms with Crippen molar-refractivity contribution in [3.63, 3.8) is 0 Å². The Morgan fingerprint density at radius 1 is 1.17 bits per heavy atom. The number of nitrogens with one attached hydrogen (secondary N) is 1. The van der Waals surface area contributed by atoms with Crippen LogP contribution < -0.4 is 10.1 Å². The number of hydrogen-bond acceptors (Lipinski definition) is 4. The summed E-state index contributed by atoms with van der Waals surface area (Å²) in [5, 5.41) is 2.96. The number of benzene rings is 1. The largest absolute Gasteiger partial charge is 0.494 e. The van der Waals surface area contributed by atoms with Crippen LogP contribution in [0.1, 0.15) is 38.5 Å². The number of amides is 1. The monoisotopic (exact) mass is 333 g/mol. The lowest BCUT2D eigenvalue weighted by Gasteiger charge is -2.29. The average Bonchev–Trinajstić information content (AvgIpc) is 2.64. The first-order valence-corrected chi connectivity index (χ1v) is 8.73. The van der Waals surface area contributed by atoms with Gasteiger partial charge >= 0.3 is 5.97 Å². The fourth-order valence-electron chi connectivity index (χ4n) is 3.19. The molecule has 1 amide bonds. The van der Waals surface area contributed by atoms with E-state index in [0.717, 1.165) is 31.4 Å². The van der Waals surface area contributed by atoms with Crippen molar-refractivity contribution in [2.24, 2.45) is 11.8 Å². The van der Waals surface area contributed by atoms with Crippen molar-refractivity contribution in [1.82, 2.24) is 5.32 Å². The third-order valence-corrected chi connectivity index (χ3v) is 4.53. The number of ether oxygens (including phenoxy) is 2. The summed E-state index contributed by atoms with van der Waals surface area (Å²) in [6.07, 6.45) is 5.10. The van der Waals surface area contributed by atoms with Gasteiger partial charge in [-0.05, 0) is 37.3 Å². The molecule has 24 heavy (non-hydrogen) atoms. The van der Waals surface area contributed by atoms with Crippen LogP contribution in [0.2, 0.25) is 0 Å². The van der Waals surface area contributed by atoms with E-state index < -0.39 is 0 Å². The highest BCUT2D eigenvalue weighted by molar-refractivity contribution is 5.76. The Bertz CT molecular complexity index is 517. The first-order valence-electron chi connectivity index (χ1n) is 8.73. The summed E-state index contributed by atoms with van der Waals surface area (Å²) in [6.45, 7) is 1.07. The van der Waals surface area contributed by atoms with Gasteiger partial charge in [-0.2, -0.15) is 0 Å². The third kappa shape index (κ3) is 5.87. The predicted molar refractivity (Wildman–Crippen MR) is 91.6 cm³/mol. The van der Waals surface area contributed by atoms with E-state index >= 15 is 0 Å². The lowest BCUT2D eigenvalue weighted by atomic mass is 9.79. The molecule has 0 saturated heterocycles. The Morgan fingerprint density at radius 2 is 1.92 bits per heavy atom. The first kappa shape index (κ1) is 18.3. The molecular weight excluding hydrogens is 306 g/mol. The number of esters is 1. The second-order valence-electron chi connectivity index (χ2n) is 6.24. The molecule has 1 aromatic rings. The van der Waals surface area contributed by atoms with E-state index in [4.69, 9.17) is 9.47 Å². The van der Waals surface area contributed by atoms with Crippen LogP contribution >= 0.6 is 0 Å². The maximum atomic E-state index is 12.0. The molecule has 2 rings (SSSR count). The average molecular weight is 333 g/mol. The lowest BCUT2D eigenvalue weighted by Crippen LogP contribution is -2.37. The predicted octanol–water partition coefficient (Wildman–Crippen LogP) is 2.94. The summed E-state index contributed by atoms with van der Waals surface area (Å²) in [7, 11) is 1.43. The topological polar surface area (TPSA) is 64.6 Å². The van der Waals surface area contributed by atoms with E-state index in [1.165, 1.54) is 7.11 Å². The molecule has 2 unspecified atom stereocenters. The molecule has 5 nitrogen and oxygen atoms in total. The zero-order chi connectivity index (χ0) is 17.2. The van der Waals surface area contributed by atoms with E-state index in [2.05, 4.69) is 5.32 Å². The highest BCUT2D eigenvalue weighted by atomic mass is 16.5. The van der Waals surface area contributed by atoms with Gasteiger partial charge in [0.1, 0.15) is 5.75 Å². The number of methoxy groups -OCH3 is 1. The molecule has 1 N–H and O–H groups in total. The zero-order valence-electron chi connectivity index (χ0n) is 14.3. The smallest absolute Gasteiger partial charge is 0.309 e. The maximum absolute atomic E-state index is 12.0. The molecule has 1 fully saturated rings. The van der Waals surface area contributed by atoms with Crippen molar-refractivity contribution in [1.29, 1.82) is 0 Å². The quantitative estimate of drug-likeness (QED) is 0.587.